The number of aliphatic hydroxyl groups is 1. The highest BCUT2D eigenvalue weighted by molar-refractivity contribution is 5.97. The van der Waals surface area contributed by atoms with Crippen molar-refractivity contribution in [3.63, 3.8) is 0 Å². The number of fused-ring (bicyclic) bond motifs is 2. The number of hydrogen-bond donors (Lipinski definition) is 2. The third-order valence-corrected chi connectivity index (χ3v) is 9.28. The number of amides is 3. The fourth-order valence-corrected chi connectivity index (χ4v) is 8.02. The van der Waals surface area contributed by atoms with Gasteiger partial charge in [0.05, 0.1) is 11.6 Å². The van der Waals surface area contributed by atoms with E-state index in [0.717, 1.165) is 31.0 Å². The molecule has 1 aromatic carbocycles. The average molecular weight is 438 g/mol. The van der Waals surface area contributed by atoms with Crippen molar-refractivity contribution in [3.05, 3.63) is 29.3 Å². The van der Waals surface area contributed by atoms with Crippen LogP contribution in [0, 0.1) is 11.8 Å². The van der Waals surface area contributed by atoms with Crippen LogP contribution in [0.5, 0.6) is 5.75 Å². The molecule has 2 bridgehead atoms. The number of phenolic OH excluding ortho intramolecular Hbond substituents is 1. The number of carbonyl (C=O) groups excluding carboxylic acids is 2. The van der Waals surface area contributed by atoms with Gasteiger partial charge in [-0.1, -0.05) is 6.07 Å². The summed E-state index contributed by atoms with van der Waals surface area (Å²) in [6.45, 7) is 7.30. The van der Waals surface area contributed by atoms with Crippen LogP contribution >= 0.6 is 0 Å². The number of phenols is 1. The molecule has 2 spiro atoms. The standard InChI is InChI=1S/C25H31N3O4/c1-3-28(22(31)26-2)20(30)16-8-9-25(32)21-23(14-27(21)12-15-4-5-15)13-24(25,11-16)19-10-17(29)6-7-18(19)23/h6-7,10,15-16,21,29,32H,2-5,8-9,11-14H2,1H3/t16-,21-,23+,24+,25-/m1/s1. The molecule has 0 radical (unpaired) electrons. The zero-order chi connectivity index (χ0) is 22.5. The number of benzene rings is 1. The van der Waals surface area contributed by atoms with Crippen molar-refractivity contribution in [2.45, 2.75) is 67.9 Å². The molecule has 1 heterocycles. The molecule has 5 atom stereocenters. The number of urea groups is 1. The van der Waals surface area contributed by atoms with Gasteiger partial charge in [0.1, 0.15) is 5.75 Å². The first kappa shape index (κ1) is 20.4. The first-order chi connectivity index (χ1) is 15.3. The molecule has 4 fully saturated rings. The average Bonchev–Trinajstić information content (AvgIpc) is 3.49. The van der Waals surface area contributed by atoms with Crippen molar-refractivity contribution >= 4 is 18.7 Å². The Hall–Kier alpha value is -2.25. The van der Waals surface area contributed by atoms with E-state index in [1.807, 2.05) is 12.1 Å². The first-order valence-electron chi connectivity index (χ1n) is 11.9. The molecule has 3 amide bonds. The molecule has 7 heteroatoms. The summed E-state index contributed by atoms with van der Waals surface area (Å²) in [6, 6.07) is 5.07. The van der Waals surface area contributed by atoms with Crippen molar-refractivity contribution in [3.8, 4) is 5.75 Å². The molecule has 5 aliphatic rings. The predicted octanol–water partition coefficient (Wildman–Crippen LogP) is 2.58. The third-order valence-electron chi connectivity index (χ3n) is 9.28. The fourth-order valence-electron chi connectivity index (χ4n) is 8.02. The van der Waals surface area contributed by atoms with Gasteiger partial charge < -0.3 is 10.2 Å². The normalized spacial score (nSPS) is 38.9. The summed E-state index contributed by atoms with van der Waals surface area (Å²) in [5.41, 5.74) is 0.646. The minimum absolute atomic E-state index is 0.0717. The number of imide groups is 1. The molecule has 1 aromatic rings. The molecule has 170 valence electrons. The van der Waals surface area contributed by atoms with Crippen LogP contribution in [0.25, 0.3) is 0 Å². The number of likely N-dealkylation sites (tertiary alicyclic amines) is 1. The zero-order valence-electron chi connectivity index (χ0n) is 18.6. The number of aromatic hydroxyl groups is 1. The van der Waals surface area contributed by atoms with Crippen LogP contribution in [0.3, 0.4) is 0 Å². The van der Waals surface area contributed by atoms with Crippen molar-refractivity contribution < 1.29 is 19.8 Å². The zero-order valence-corrected chi connectivity index (χ0v) is 18.6. The topological polar surface area (TPSA) is 93.4 Å². The van der Waals surface area contributed by atoms with Crippen LogP contribution in [0.15, 0.2) is 23.2 Å². The highest BCUT2D eigenvalue weighted by atomic mass is 16.3. The van der Waals surface area contributed by atoms with Crippen LogP contribution < -0.4 is 0 Å². The van der Waals surface area contributed by atoms with Crippen LogP contribution in [0.2, 0.25) is 0 Å². The van der Waals surface area contributed by atoms with E-state index in [1.54, 1.807) is 13.0 Å². The van der Waals surface area contributed by atoms with E-state index in [1.165, 1.54) is 23.3 Å². The smallest absolute Gasteiger partial charge is 0.349 e. The summed E-state index contributed by atoms with van der Waals surface area (Å²) in [5.74, 6) is 0.363. The number of nitrogens with zero attached hydrogens (tertiary/aromatic N) is 3. The lowest BCUT2D eigenvalue weighted by molar-refractivity contribution is -0.160. The van der Waals surface area contributed by atoms with E-state index in [9.17, 15) is 19.8 Å². The molecule has 32 heavy (non-hydrogen) atoms. The number of rotatable bonds is 4. The van der Waals surface area contributed by atoms with E-state index in [4.69, 9.17) is 0 Å². The van der Waals surface area contributed by atoms with Crippen LogP contribution in [-0.4, -0.2) is 69.9 Å². The van der Waals surface area contributed by atoms with Gasteiger partial charge in [-0.05, 0) is 81.3 Å². The Labute approximate surface area is 188 Å². The Morgan fingerprint density at radius 1 is 1.28 bits per heavy atom. The predicted molar refractivity (Wildman–Crippen MR) is 119 cm³/mol. The van der Waals surface area contributed by atoms with Gasteiger partial charge >= 0.3 is 6.03 Å². The Balaban J connectivity index is 1.41. The lowest BCUT2D eigenvalue weighted by Gasteiger charge is -2.63. The summed E-state index contributed by atoms with van der Waals surface area (Å²) in [5, 5.41) is 22.6. The van der Waals surface area contributed by atoms with Crippen LogP contribution in [0.4, 0.5) is 4.79 Å². The lowest BCUT2D eigenvalue weighted by atomic mass is 9.54. The van der Waals surface area contributed by atoms with Crippen molar-refractivity contribution in [1.82, 2.24) is 9.80 Å². The molecule has 7 nitrogen and oxygen atoms in total. The second kappa shape index (κ2) is 6.41. The summed E-state index contributed by atoms with van der Waals surface area (Å²) < 4.78 is 0. The fraction of sp³-hybridized carbons (Fsp3) is 0.640. The molecule has 2 N–H and O–H groups in total. The highest BCUT2D eigenvalue weighted by Crippen LogP contribution is 2.74. The molecule has 1 aliphatic heterocycles. The molecular formula is C25H31N3O4. The van der Waals surface area contributed by atoms with E-state index >= 15 is 0 Å². The second-order valence-corrected chi connectivity index (χ2v) is 10.8. The molecular weight excluding hydrogens is 406 g/mol. The van der Waals surface area contributed by atoms with Gasteiger partial charge in [0.2, 0.25) is 5.91 Å². The summed E-state index contributed by atoms with van der Waals surface area (Å²) >= 11 is 0. The Morgan fingerprint density at radius 3 is 2.75 bits per heavy atom. The quantitative estimate of drug-likeness (QED) is 0.707. The van der Waals surface area contributed by atoms with E-state index in [-0.39, 0.29) is 35.6 Å². The maximum atomic E-state index is 13.3. The van der Waals surface area contributed by atoms with Crippen molar-refractivity contribution in [2.75, 3.05) is 19.6 Å². The minimum atomic E-state index is -0.921. The summed E-state index contributed by atoms with van der Waals surface area (Å²) in [4.78, 5) is 32.6. The third kappa shape index (κ3) is 2.31. The van der Waals surface area contributed by atoms with Gasteiger partial charge in [0, 0.05) is 36.4 Å². The largest absolute Gasteiger partial charge is 0.508 e. The SMILES string of the molecule is C=NC(=O)N(CC)C(=O)[C@@H]1CC[C@@]2(O)[C@@H]3N(CC4CC4)C[C@]34C[C@@]2(C1)c1cc(O)ccc14. The Bertz CT molecular complexity index is 1040. The van der Waals surface area contributed by atoms with Gasteiger partial charge in [-0.2, -0.15) is 0 Å². The van der Waals surface area contributed by atoms with E-state index in [2.05, 4.69) is 16.6 Å². The number of carbonyl (C=O) groups is 2. The second-order valence-electron chi connectivity index (χ2n) is 10.8. The monoisotopic (exact) mass is 437 g/mol. The number of hydrogen-bond acceptors (Lipinski definition) is 5. The van der Waals surface area contributed by atoms with Crippen molar-refractivity contribution in [2.24, 2.45) is 16.8 Å². The maximum absolute atomic E-state index is 13.3. The van der Waals surface area contributed by atoms with Crippen LogP contribution in [-0.2, 0) is 15.6 Å². The maximum Gasteiger partial charge on any atom is 0.349 e. The van der Waals surface area contributed by atoms with Crippen molar-refractivity contribution in [1.29, 1.82) is 0 Å². The molecule has 6 rings (SSSR count). The van der Waals surface area contributed by atoms with Gasteiger partial charge in [0.25, 0.3) is 0 Å². The molecule has 4 aliphatic carbocycles. The van der Waals surface area contributed by atoms with E-state index in [0.29, 0.717) is 19.3 Å². The van der Waals surface area contributed by atoms with Gasteiger partial charge in [0.15, 0.2) is 0 Å². The van der Waals surface area contributed by atoms with Gasteiger partial charge in [-0.25, -0.2) is 9.79 Å². The summed E-state index contributed by atoms with van der Waals surface area (Å²) in [7, 11) is 0. The lowest BCUT2D eigenvalue weighted by Crippen LogP contribution is -2.75. The number of aliphatic imine (C=N–C) groups is 1. The van der Waals surface area contributed by atoms with Crippen LogP contribution in [0.1, 0.15) is 56.6 Å². The first-order valence-corrected chi connectivity index (χ1v) is 11.9. The molecule has 1 saturated heterocycles. The Kier molecular flexibility index (Phi) is 4.08. The van der Waals surface area contributed by atoms with Gasteiger partial charge in [-0.15, -0.1) is 0 Å². The molecule has 3 saturated carbocycles. The highest BCUT2D eigenvalue weighted by Gasteiger charge is 2.81. The minimum Gasteiger partial charge on any atom is -0.508 e. The molecule has 0 aromatic heterocycles. The Morgan fingerprint density at radius 2 is 2.06 bits per heavy atom. The van der Waals surface area contributed by atoms with E-state index < -0.39 is 17.0 Å². The van der Waals surface area contributed by atoms with Gasteiger partial charge in [-0.3, -0.25) is 14.6 Å². The molecule has 0 unspecified atom stereocenters. The summed E-state index contributed by atoms with van der Waals surface area (Å²) in [6.07, 6.45) is 4.94.